The van der Waals surface area contributed by atoms with Crippen LogP contribution in [0.5, 0.6) is 0 Å². The van der Waals surface area contributed by atoms with Crippen molar-refractivity contribution in [2.45, 2.75) is 5.41 Å². The van der Waals surface area contributed by atoms with Gasteiger partial charge in [-0.3, -0.25) is 0 Å². The fourth-order valence-electron chi connectivity index (χ4n) is 13.3. The number of para-hydroxylation sites is 5. The Morgan fingerprint density at radius 1 is 0.243 bits per heavy atom. The highest BCUT2D eigenvalue weighted by molar-refractivity contribution is 6.23. The van der Waals surface area contributed by atoms with Gasteiger partial charge in [-0.1, -0.05) is 188 Å². The van der Waals surface area contributed by atoms with Gasteiger partial charge in [-0.25, -0.2) is 0 Å². The maximum atomic E-state index is 2.63. The third-order valence-corrected chi connectivity index (χ3v) is 15.8. The highest BCUT2D eigenvalue weighted by Crippen LogP contribution is 2.65. The smallest absolute Gasteiger partial charge is 0.0746 e. The predicted octanol–water partition coefficient (Wildman–Crippen LogP) is 17.0. The van der Waals surface area contributed by atoms with Crippen molar-refractivity contribution < 1.29 is 0 Å². The number of benzene rings is 11. The molecule has 11 aromatic carbocycles. The molecular formula is C67H41N3. The Morgan fingerprint density at radius 3 is 1.40 bits per heavy atom. The van der Waals surface area contributed by atoms with Crippen LogP contribution in [0.1, 0.15) is 22.3 Å². The van der Waals surface area contributed by atoms with E-state index in [0.717, 1.165) is 17.1 Å². The van der Waals surface area contributed by atoms with Crippen LogP contribution in [-0.4, -0.2) is 13.7 Å². The molecule has 3 nitrogen and oxygen atoms in total. The van der Waals surface area contributed by atoms with Crippen LogP contribution in [-0.2, 0) is 5.41 Å². The van der Waals surface area contributed by atoms with Gasteiger partial charge in [0.25, 0.3) is 0 Å². The van der Waals surface area contributed by atoms with Gasteiger partial charge in [0, 0.05) is 60.5 Å². The molecule has 0 aliphatic heterocycles. The lowest BCUT2D eigenvalue weighted by Crippen LogP contribution is -2.26. The number of aromatic nitrogens is 3. The first-order valence-electron chi connectivity index (χ1n) is 24.4. The van der Waals surface area contributed by atoms with Crippen LogP contribution in [0.15, 0.2) is 249 Å². The number of fused-ring (bicyclic) bond motifs is 20. The van der Waals surface area contributed by atoms with E-state index in [1.165, 1.54) is 121 Å². The van der Waals surface area contributed by atoms with Crippen LogP contribution in [0.3, 0.4) is 0 Å². The van der Waals surface area contributed by atoms with Gasteiger partial charge in [-0.15, -0.1) is 0 Å². The van der Waals surface area contributed by atoms with E-state index in [9.17, 15) is 0 Å². The van der Waals surface area contributed by atoms with Gasteiger partial charge >= 0.3 is 0 Å². The molecule has 0 radical (unpaired) electrons. The molecule has 0 saturated heterocycles. The van der Waals surface area contributed by atoms with Gasteiger partial charge in [0.05, 0.1) is 38.5 Å². The number of hydrogen-bond donors (Lipinski definition) is 0. The van der Waals surface area contributed by atoms with Crippen molar-refractivity contribution in [2.24, 2.45) is 0 Å². The van der Waals surface area contributed by atoms with E-state index in [1.807, 2.05) is 0 Å². The molecule has 1 spiro atoms. The summed E-state index contributed by atoms with van der Waals surface area (Å²) in [4.78, 5) is 0. The summed E-state index contributed by atoms with van der Waals surface area (Å²) in [5, 5.41) is 7.43. The Bertz CT molecular complexity index is 4460. The standard InChI is InChI=1S/C67H41N3/c1-3-19-42(20-4-1)68-59-34-15-11-27-49(59)55-41-44(37-40-61(55)68)70-62-36-18-28-50(53-30-17-29-52-48-26-10-16-35-60(48)69(65(52)53)43-21-5-2-6-22-43)63(62)54-39-38-51-47-25-9-14-33-58(47)67(64(51)66(54)70)56-31-12-7-23-45(56)46-24-8-13-32-57(46)67/h1-41H. The minimum atomic E-state index is -0.557. The van der Waals surface area contributed by atoms with Crippen molar-refractivity contribution >= 4 is 65.4 Å². The number of hydrogen-bond acceptors (Lipinski definition) is 0. The predicted molar refractivity (Wildman–Crippen MR) is 291 cm³/mol. The molecule has 324 valence electrons. The van der Waals surface area contributed by atoms with Gasteiger partial charge in [-0.2, -0.15) is 0 Å². The maximum absolute atomic E-state index is 2.63. The third kappa shape index (κ3) is 4.73. The minimum Gasteiger partial charge on any atom is -0.309 e. The van der Waals surface area contributed by atoms with Crippen LogP contribution in [0, 0.1) is 0 Å². The molecule has 0 bridgehead atoms. The molecule has 2 aliphatic carbocycles. The molecular weight excluding hydrogens is 847 g/mol. The molecule has 3 aromatic heterocycles. The summed E-state index contributed by atoms with van der Waals surface area (Å²) in [7, 11) is 0. The van der Waals surface area contributed by atoms with Gasteiger partial charge in [0.1, 0.15) is 0 Å². The minimum absolute atomic E-state index is 0.557. The number of rotatable bonds is 4. The molecule has 70 heavy (non-hydrogen) atoms. The normalized spacial score (nSPS) is 13.3. The zero-order valence-electron chi connectivity index (χ0n) is 38.0. The Morgan fingerprint density at radius 2 is 0.714 bits per heavy atom. The second-order valence-corrected chi connectivity index (χ2v) is 19.1. The monoisotopic (exact) mass is 887 g/mol. The second kappa shape index (κ2) is 13.9. The van der Waals surface area contributed by atoms with Crippen molar-refractivity contribution in [3.8, 4) is 50.4 Å². The summed E-state index contributed by atoms with van der Waals surface area (Å²) in [6.07, 6.45) is 0. The Kier molecular flexibility index (Phi) is 7.54. The molecule has 3 heteroatoms. The van der Waals surface area contributed by atoms with E-state index < -0.39 is 5.41 Å². The summed E-state index contributed by atoms with van der Waals surface area (Å²) in [6.45, 7) is 0. The van der Waals surface area contributed by atoms with Crippen molar-refractivity contribution in [3.63, 3.8) is 0 Å². The van der Waals surface area contributed by atoms with E-state index in [2.05, 4.69) is 262 Å². The first-order chi connectivity index (χ1) is 34.8. The van der Waals surface area contributed by atoms with E-state index in [4.69, 9.17) is 0 Å². The lowest BCUT2D eigenvalue weighted by Gasteiger charge is -2.31. The zero-order chi connectivity index (χ0) is 45.7. The molecule has 0 amide bonds. The first kappa shape index (κ1) is 37.9. The molecule has 0 unspecified atom stereocenters. The van der Waals surface area contributed by atoms with E-state index in [1.54, 1.807) is 0 Å². The highest BCUT2D eigenvalue weighted by Gasteiger charge is 2.53. The van der Waals surface area contributed by atoms with Crippen LogP contribution >= 0.6 is 0 Å². The van der Waals surface area contributed by atoms with Crippen LogP contribution in [0.2, 0.25) is 0 Å². The fourth-order valence-corrected chi connectivity index (χ4v) is 13.3. The molecule has 14 aromatic rings. The Labute approximate surface area is 404 Å². The SMILES string of the molecule is c1ccc(-n2c3ccccc3c3cc(-n4c5cccc(-c6cccc7c8ccccc8n(-c8ccccc8)c67)c5c5ccc6c(c54)C4(c5ccccc5-c5ccccc54)c4ccccc4-6)ccc32)cc1. The van der Waals surface area contributed by atoms with Crippen molar-refractivity contribution in [1.82, 2.24) is 13.7 Å². The average molecular weight is 888 g/mol. The zero-order valence-corrected chi connectivity index (χ0v) is 38.0. The molecule has 0 atom stereocenters. The van der Waals surface area contributed by atoms with Gasteiger partial charge in [0.15, 0.2) is 0 Å². The van der Waals surface area contributed by atoms with Gasteiger partial charge in [0.2, 0.25) is 0 Å². The van der Waals surface area contributed by atoms with Gasteiger partial charge < -0.3 is 13.7 Å². The van der Waals surface area contributed by atoms with E-state index in [-0.39, 0.29) is 0 Å². The quantitative estimate of drug-likeness (QED) is 0.167. The topological polar surface area (TPSA) is 14.8 Å². The summed E-state index contributed by atoms with van der Waals surface area (Å²) >= 11 is 0. The Balaban J connectivity index is 1.09. The second-order valence-electron chi connectivity index (χ2n) is 19.1. The molecule has 0 fully saturated rings. The number of nitrogens with zero attached hydrogens (tertiary/aromatic N) is 3. The molecule has 16 rings (SSSR count). The van der Waals surface area contributed by atoms with Crippen LogP contribution in [0.4, 0.5) is 0 Å². The fraction of sp³-hybridized carbons (Fsp3) is 0.0149. The summed E-state index contributed by atoms with van der Waals surface area (Å²) < 4.78 is 7.52. The van der Waals surface area contributed by atoms with E-state index in [0.29, 0.717) is 0 Å². The lowest BCUT2D eigenvalue weighted by atomic mass is 9.70. The van der Waals surface area contributed by atoms with Crippen LogP contribution < -0.4 is 0 Å². The first-order valence-corrected chi connectivity index (χ1v) is 24.4. The lowest BCUT2D eigenvalue weighted by molar-refractivity contribution is 0.797. The van der Waals surface area contributed by atoms with Crippen molar-refractivity contribution in [3.05, 3.63) is 271 Å². The van der Waals surface area contributed by atoms with E-state index >= 15 is 0 Å². The summed E-state index contributed by atoms with van der Waals surface area (Å²) in [6, 6.07) is 92.9. The maximum Gasteiger partial charge on any atom is 0.0746 e. The average Bonchev–Trinajstić information content (AvgIpc) is 4.22. The summed E-state index contributed by atoms with van der Waals surface area (Å²) in [5.41, 5.74) is 23.0. The summed E-state index contributed by atoms with van der Waals surface area (Å²) in [5.74, 6) is 0. The molecule has 0 saturated carbocycles. The molecule has 3 heterocycles. The highest BCUT2D eigenvalue weighted by atomic mass is 15.0. The van der Waals surface area contributed by atoms with Crippen LogP contribution in [0.25, 0.3) is 116 Å². The molecule has 2 aliphatic rings. The van der Waals surface area contributed by atoms with Crippen molar-refractivity contribution in [2.75, 3.05) is 0 Å². The van der Waals surface area contributed by atoms with Gasteiger partial charge in [-0.05, 0) is 105 Å². The van der Waals surface area contributed by atoms with Crippen molar-refractivity contribution in [1.29, 1.82) is 0 Å². The third-order valence-electron chi connectivity index (χ3n) is 15.8. The largest absolute Gasteiger partial charge is 0.309 e. The Hall–Kier alpha value is -9.18. The molecule has 0 N–H and O–H groups in total.